The fourth-order valence-electron chi connectivity index (χ4n) is 3.76. The maximum absolute atomic E-state index is 4.85. The van der Waals surface area contributed by atoms with Crippen molar-refractivity contribution in [2.24, 2.45) is 11.3 Å². The SMILES string of the molecule is Cc1nc(C2CCC(C(C)(C)C)CC2)nc2c1CNC2. The first kappa shape index (κ1) is 14.0. The minimum Gasteiger partial charge on any atom is -0.307 e. The Bertz CT molecular complexity index is 494. The molecule has 0 atom stereocenters. The first-order chi connectivity index (χ1) is 9.45. The molecule has 1 aromatic heterocycles. The van der Waals surface area contributed by atoms with Gasteiger partial charge in [-0.15, -0.1) is 0 Å². The van der Waals surface area contributed by atoms with Gasteiger partial charge in [0, 0.05) is 30.3 Å². The molecule has 0 aromatic carbocycles. The molecule has 1 aliphatic carbocycles. The Hall–Kier alpha value is -0.960. The molecule has 0 spiro atoms. The Labute approximate surface area is 122 Å². The van der Waals surface area contributed by atoms with Crippen LogP contribution < -0.4 is 5.32 Å². The highest BCUT2D eigenvalue weighted by molar-refractivity contribution is 5.29. The third-order valence-corrected chi connectivity index (χ3v) is 5.23. The summed E-state index contributed by atoms with van der Waals surface area (Å²) < 4.78 is 0. The Morgan fingerprint density at radius 3 is 2.35 bits per heavy atom. The van der Waals surface area contributed by atoms with Gasteiger partial charge in [-0.2, -0.15) is 0 Å². The first-order valence-electron chi connectivity index (χ1n) is 8.02. The van der Waals surface area contributed by atoms with Crippen LogP contribution in [0.2, 0.25) is 0 Å². The second kappa shape index (κ2) is 5.10. The number of nitrogens with one attached hydrogen (secondary N) is 1. The van der Waals surface area contributed by atoms with Gasteiger partial charge in [0.05, 0.1) is 5.69 Å². The van der Waals surface area contributed by atoms with Crippen molar-refractivity contribution < 1.29 is 0 Å². The van der Waals surface area contributed by atoms with Gasteiger partial charge in [0.15, 0.2) is 0 Å². The molecule has 3 rings (SSSR count). The van der Waals surface area contributed by atoms with Gasteiger partial charge in [-0.1, -0.05) is 20.8 Å². The molecule has 0 amide bonds. The van der Waals surface area contributed by atoms with Gasteiger partial charge in [0.25, 0.3) is 0 Å². The van der Waals surface area contributed by atoms with Crippen LogP contribution in [0.3, 0.4) is 0 Å². The molecular weight excluding hydrogens is 246 g/mol. The summed E-state index contributed by atoms with van der Waals surface area (Å²) in [6, 6.07) is 0. The average Bonchev–Trinajstić information content (AvgIpc) is 2.86. The quantitative estimate of drug-likeness (QED) is 0.847. The molecule has 2 aliphatic rings. The van der Waals surface area contributed by atoms with E-state index in [-0.39, 0.29) is 0 Å². The van der Waals surface area contributed by atoms with Crippen LogP contribution >= 0.6 is 0 Å². The van der Waals surface area contributed by atoms with Gasteiger partial charge in [-0.3, -0.25) is 0 Å². The van der Waals surface area contributed by atoms with Crippen molar-refractivity contribution in [1.82, 2.24) is 15.3 Å². The van der Waals surface area contributed by atoms with Crippen molar-refractivity contribution in [3.05, 3.63) is 22.8 Å². The predicted molar refractivity (Wildman–Crippen MR) is 81.5 cm³/mol. The lowest BCUT2D eigenvalue weighted by Gasteiger charge is -2.36. The smallest absolute Gasteiger partial charge is 0.132 e. The highest BCUT2D eigenvalue weighted by Crippen LogP contribution is 2.42. The average molecular weight is 273 g/mol. The van der Waals surface area contributed by atoms with Crippen molar-refractivity contribution >= 4 is 0 Å². The lowest BCUT2D eigenvalue weighted by molar-refractivity contribution is 0.167. The van der Waals surface area contributed by atoms with E-state index < -0.39 is 0 Å². The third kappa shape index (κ3) is 2.60. The zero-order chi connectivity index (χ0) is 14.3. The standard InChI is InChI=1S/C17H27N3/c1-11-14-9-18-10-15(14)20-16(19-11)12-5-7-13(8-6-12)17(2,3)4/h12-13,18H,5-10H2,1-4H3. The second-order valence-electron chi connectivity index (χ2n) is 7.61. The lowest BCUT2D eigenvalue weighted by atomic mass is 9.69. The van der Waals surface area contributed by atoms with Crippen LogP contribution in [-0.2, 0) is 13.1 Å². The summed E-state index contributed by atoms with van der Waals surface area (Å²) in [6.45, 7) is 11.1. The molecule has 3 nitrogen and oxygen atoms in total. The van der Waals surface area contributed by atoms with Crippen molar-refractivity contribution in [2.45, 2.75) is 72.4 Å². The molecule has 3 heteroatoms. The van der Waals surface area contributed by atoms with E-state index in [2.05, 4.69) is 33.0 Å². The third-order valence-electron chi connectivity index (χ3n) is 5.23. The highest BCUT2D eigenvalue weighted by atomic mass is 15.0. The lowest BCUT2D eigenvalue weighted by Crippen LogP contribution is -2.26. The molecular formula is C17H27N3. The summed E-state index contributed by atoms with van der Waals surface area (Å²) in [5, 5.41) is 3.38. The second-order valence-corrected chi connectivity index (χ2v) is 7.61. The highest BCUT2D eigenvalue weighted by Gasteiger charge is 2.31. The minimum absolute atomic E-state index is 0.448. The van der Waals surface area contributed by atoms with E-state index in [9.17, 15) is 0 Å². The van der Waals surface area contributed by atoms with E-state index >= 15 is 0 Å². The van der Waals surface area contributed by atoms with Crippen molar-refractivity contribution in [1.29, 1.82) is 0 Å². The van der Waals surface area contributed by atoms with Crippen molar-refractivity contribution in [2.75, 3.05) is 0 Å². The summed E-state index contributed by atoms with van der Waals surface area (Å²) >= 11 is 0. The minimum atomic E-state index is 0.448. The molecule has 1 N–H and O–H groups in total. The zero-order valence-electron chi connectivity index (χ0n) is 13.3. The van der Waals surface area contributed by atoms with Crippen molar-refractivity contribution in [3.8, 4) is 0 Å². The van der Waals surface area contributed by atoms with E-state index in [1.807, 2.05) is 0 Å². The molecule has 110 valence electrons. The Kier molecular flexibility index (Phi) is 3.57. The van der Waals surface area contributed by atoms with Crippen LogP contribution in [-0.4, -0.2) is 9.97 Å². The maximum atomic E-state index is 4.85. The number of hydrogen-bond donors (Lipinski definition) is 1. The van der Waals surface area contributed by atoms with Crippen LogP contribution in [0.1, 0.15) is 75.1 Å². The topological polar surface area (TPSA) is 37.8 Å². The molecule has 0 bridgehead atoms. The number of rotatable bonds is 1. The molecule has 1 saturated carbocycles. The summed E-state index contributed by atoms with van der Waals surface area (Å²) in [5.74, 6) is 2.55. The molecule has 0 saturated heterocycles. The molecule has 2 heterocycles. The molecule has 1 aromatic rings. The van der Waals surface area contributed by atoms with Crippen LogP contribution in [0.4, 0.5) is 0 Å². The van der Waals surface area contributed by atoms with E-state index in [0.29, 0.717) is 11.3 Å². The number of aryl methyl sites for hydroxylation is 1. The summed E-state index contributed by atoms with van der Waals surface area (Å²) in [7, 11) is 0. The van der Waals surface area contributed by atoms with Gasteiger partial charge < -0.3 is 5.32 Å². The fraction of sp³-hybridized carbons (Fsp3) is 0.765. The van der Waals surface area contributed by atoms with Gasteiger partial charge in [0.1, 0.15) is 5.82 Å². The first-order valence-corrected chi connectivity index (χ1v) is 8.02. The van der Waals surface area contributed by atoms with E-state index in [1.165, 1.54) is 42.6 Å². The molecule has 1 fully saturated rings. The normalized spacial score (nSPS) is 26.6. The van der Waals surface area contributed by atoms with Crippen LogP contribution in [0.25, 0.3) is 0 Å². The summed E-state index contributed by atoms with van der Waals surface area (Å²) in [5.41, 5.74) is 4.21. The molecule has 0 radical (unpaired) electrons. The van der Waals surface area contributed by atoms with E-state index in [1.54, 1.807) is 0 Å². The Morgan fingerprint density at radius 1 is 1.00 bits per heavy atom. The maximum Gasteiger partial charge on any atom is 0.132 e. The summed E-state index contributed by atoms with van der Waals surface area (Å²) in [6.07, 6.45) is 5.17. The molecule has 1 aliphatic heterocycles. The van der Waals surface area contributed by atoms with Gasteiger partial charge >= 0.3 is 0 Å². The number of fused-ring (bicyclic) bond motifs is 1. The number of aromatic nitrogens is 2. The fourth-order valence-corrected chi connectivity index (χ4v) is 3.76. The van der Waals surface area contributed by atoms with Crippen molar-refractivity contribution in [3.63, 3.8) is 0 Å². The molecule has 20 heavy (non-hydrogen) atoms. The van der Waals surface area contributed by atoms with Crippen LogP contribution in [0.5, 0.6) is 0 Å². The van der Waals surface area contributed by atoms with Crippen LogP contribution in [0, 0.1) is 18.3 Å². The monoisotopic (exact) mass is 273 g/mol. The largest absolute Gasteiger partial charge is 0.307 e. The van der Waals surface area contributed by atoms with Gasteiger partial charge in [-0.05, 0) is 43.9 Å². The van der Waals surface area contributed by atoms with Gasteiger partial charge in [0.2, 0.25) is 0 Å². The number of hydrogen-bond acceptors (Lipinski definition) is 3. The number of nitrogens with zero attached hydrogens (tertiary/aromatic N) is 2. The molecule has 0 unspecified atom stereocenters. The zero-order valence-corrected chi connectivity index (χ0v) is 13.3. The Balaban J connectivity index is 1.74. The van der Waals surface area contributed by atoms with Gasteiger partial charge in [-0.25, -0.2) is 9.97 Å². The van der Waals surface area contributed by atoms with E-state index in [0.717, 1.165) is 24.8 Å². The van der Waals surface area contributed by atoms with E-state index in [4.69, 9.17) is 9.97 Å². The summed E-state index contributed by atoms with van der Waals surface area (Å²) in [4.78, 5) is 9.66. The predicted octanol–water partition coefficient (Wildman–Crippen LogP) is 3.71. The van der Waals surface area contributed by atoms with Crippen LogP contribution in [0.15, 0.2) is 0 Å². The Morgan fingerprint density at radius 2 is 1.70 bits per heavy atom.